The maximum Gasteiger partial charge on any atom is 0.344 e. The van der Waals surface area contributed by atoms with Gasteiger partial charge < -0.3 is 14.8 Å². The predicted octanol–water partition coefficient (Wildman–Crippen LogP) is 3.57. The highest BCUT2D eigenvalue weighted by atomic mass is 79.9. The second-order valence-corrected chi connectivity index (χ2v) is 5.92. The summed E-state index contributed by atoms with van der Waals surface area (Å²) in [4.78, 5) is 23.3. The Balaban J connectivity index is 1.70. The Kier molecular flexibility index (Phi) is 6.81. The van der Waals surface area contributed by atoms with Gasteiger partial charge in [0.2, 0.25) is 0 Å². The van der Waals surface area contributed by atoms with Crippen molar-refractivity contribution in [3.63, 3.8) is 0 Å². The van der Waals surface area contributed by atoms with E-state index in [0.717, 1.165) is 10.9 Å². The van der Waals surface area contributed by atoms with Crippen LogP contribution in [0.5, 0.6) is 5.75 Å². The largest absolute Gasteiger partial charge is 0.482 e. The van der Waals surface area contributed by atoms with E-state index in [4.69, 9.17) is 9.47 Å². The molecule has 0 unspecified atom stereocenters. The summed E-state index contributed by atoms with van der Waals surface area (Å²) in [6.45, 7) is 1.46. The molecule has 0 bridgehead atoms. The van der Waals surface area contributed by atoms with Crippen molar-refractivity contribution in [2.45, 2.75) is 13.3 Å². The Labute approximate surface area is 149 Å². The molecule has 126 valence electrons. The first-order chi connectivity index (χ1) is 11.6. The number of anilines is 1. The van der Waals surface area contributed by atoms with Gasteiger partial charge in [-0.25, -0.2) is 4.79 Å². The first-order valence-corrected chi connectivity index (χ1v) is 8.29. The average Bonchev–Trinajstić information content (AvgIpc) is 2.60. The lowest BCUT2D eigenvalue weighted by molar-refractivity contribution is -0.149. The van der Waals surface area contributed by atoms with Crippen molar-refractivity contribution in [1.82, 2.24) is 0 Å². The first kappa shape index (κ1) is 18.0. The van der Waals surface area contributed by atoms with E-state index in [-0.39, 0.29) is 13.2 Å². The molecule has 0 heterocycles. The van der Waals surface area contributed by atoms with Crippen LogP contribution >= 0.6 is 15.9 Å². The zero-order chi connectivity index (χ0) is 17.4. The molecule has 0 fully saturated rings. The summed E-state index contributed by atoms with van der Waals surface area (Å²) in [7, 11) is 0. The van der Waals surface area contributed by atoms with Crippen LogP contribution in [0.1, 0.15) is 12.5 Å². The van der Waals surface area contributed by atoms with E-state index >= 15 is 0 Å². The number of benzene rings is 2. The Morgan fingerprint density at radius 2 is 1.67 bits per heavy atom. The van der Waals surface area contributed by atoms with Crippen molar-refractivity contribution in [3.05, 3.63) is 58.6 Å². The van der Waals surface area contributed by atoms with Gasteiger partial charge in [0.1, 0.15) is 5.75 Å². The summed E-state index contributed by atoms with van der Waals surface area (Å²) < 4.78 is 11.1. The van der Waals surface area contributed by atoms with E-state index in [2.05, 4.69) is 28.2 Å². The van der Waals surface area contributed by atoms with Crippen LogP contribution in [0.2, 0.25) is 0 Å². The Morgan fingerprint density at radius 3 is 2.29 bits per heavy atom. The molecule has 24 heavy (non-hydrogen) atoms. The molecular weight excluding hydrogens is 374 g/mol. The number of carbonyl (C=O) groups excluding carboxylic acids is 2. The molecule has 2 aromatic carbocycles. The number of aryl methyl sites for hydroxylation is 1. The smallest absolute Gasteiger partial charge is 0.344 e. The second kappa shape index (κ2) is 9.08. The topological polar surface area (TPSA) is 64.6 Å². The van der Waals surface area contributed by atoms with Gasteiger partial charge in [-0.1, -0.05) is 35.0 Å². The van der Waals surface area contributed by atoms with Gasteiger partial charge in [0.15, 0.2) is 13.2 Å². The van der Waals surface area contributed by atoms with Crippen molar-refractivity contribution in [3.8, 4) is 5.75 Å². The molecule has 1 amide bonds. The van der Waals surface area contributed by atoms with Crippen LogP contribution in [0.25, 0.3) is 0 Å². The SMILES string of the molecule is CCc1ccc(NC(=O)COC(=O)COc2ccc(Br)cc2)cc1. The molecule has 0 aromatic heterocycles. The summed E-state index contributed by atoms with van der Waals surface area (Å²) in [6.07, 6.45) is 0.935. The maximum absolute atomic E-state index is 11.7. The molecule has 0 aliphatic heterocycles. The number of esters is 1. The molecule has 0 saturated carbocycles. The fourth-order valence-electron chi connectivity index (χ4n) is 1.88. The molecule has 0 atom stereocenters. The van der Waals surface area contributed by atoms with E-state index in [0.29, 0.717) is 11.4 Å². The fourth-order valence-corrected chi connectivity index (χ4v) is 2.15. The summed E-state index contributed by atoms with van der Waals surface area (Å²) >= 11 is 3.31. The highest BCUT2D eigenvalue weighted by Gasteiger charge is 2.09. The van der Waals surface area contributed by atoms with Gasteiger partial charge in [-0.2, -0.15) is 0 Å². The van der Waals surface area contributed by atoms with Gasteiger partial charge in [0, 0.05) is 10.2 Å². The van der Waals surface area contributed by atoms with Gasteiger partial charge in [0.05, 0.1) is 0 Å². The number of carbonyl (C=O) groups is 2. The number of hydrogen-bond donors (Lipinski definition) is 1. The molecule has 0 radical (unpaired) electrons. The number of rotatable bonds is 7. The minimum absolute atomic E-state index is 0.250. The summed E-state index contributed by atoms with van der Waals surface area (Å²) in [5, 5.41) is 2.67. The third kappa shape index (κ3) is 6.04. The third-order valence-electron chi connectivity index (χ3n) is 3.18. The van der Waals surface area contributed by atoms with E-state index < -0.39 is 11.9 Å². The van der Waals surface area contributed by atoms with Gasteiger partial charge in [-0.15, -0.1) is 0 Å². The number of amides is 1. The van der Waals surface area contributed by atoms with Crippen LogP contribution < -0.4 is 10.1 Å². The lowest BCUT2D eigenvalue weighted by Crippen LogP contribution is -2.23. The van der Waals surface area contributed by atoms with Crippen molar-refractivity contribution < 1.29 is 19.1 Å². The third-order valence-corrected chi connectivity index (χ3v) is 3.71. The van der Waals surface area contributed by atoms with E-state index in [1.165, 1.54) is 5.56 Å². The minimum Gasteiger partial charge on any atom is -0.482 e. The lowest BCUT2D eigenvalue weighted by Gasteiger charge is -2.08. The first-order valence-electron chi connectivity index (χ1n) is 7.49. The predicted molar refractivity (Wildman–Crippen MR) is 95.0 cm³/mol. The Hall–Kier alpha value is -2.34. The second-order valence-electron chi connectivity index (χ2n) is 5.00. The molecule has 2 rings (SSSR count). The van der Waals surface area contributed by atoms with Crippen LogP contribution in [0.4, 0.5) is 5.69 Å². The highest BCUT2D eigenvalue weighted by Crippen LogP contribution is 2.16. The Bertz CT molecular complexity index is 683. The summed E-state index contributed by atoms with van der Waals surface area (Å²) in [5.74, 6) is -0.443. The zero-order valence-electron chi connectivity index (χ0n) is 13.3. The van der Waals surface area contributed by atoms with Gasteiger partial charge in [0.25, 0.3) is 5.91 Å². The molecule has 6 heteroatoms. The van der Waals surface area contributed by atoms with Gasteiger partial charge >= 0.3 is 5.97 Å². The fraction of sp³-hybridized carbons (Fsp3) is 0.222. The van der Waals surface area contributed by atoms with E-state index in [1.54, 1.807) is 24.3 Å². The monoisotopic (exact) mass is 391 g/mol. The molecule has 0 spiro atoms. The van der Waals surface area contributed by atoms with Crippen molar-refractivity contribution in [2.75, 3.05) is 18.5 Å². The number of nitrogens with one attached hydrogen (secondary N) is 1. The standard InChI is InChI=1S/C18H18BrNO4/c1-2-13-3-7-15(8-4-13)20-17(21)11-24-18(22)12-23-16-9-5-14(19)6-10-16/h3-10H,2,11-12H2,1H3,(H,20,21). The zero-order valence-corrected chi connectivity index (χ0v) is 14.8. The minimum atomic E-state index is -0.602. The summed E-state index contributed by atoms with van der Waals surface area (Å²) in [5.41, 5.74) is 1.85. The summed E-state index contributed by atoms with van der Waals surface area (Å²) in [6, 6.07) is 14.6. The van der Waals surface area contributed by atoms with Crippen LogP contribution in [-0.2, 0) is 20.7 Å². The number of hydrogen-bond acceptors (Lipinski definition) is 4. The van der Waals surface area contributed by atoms with Crippen LogP contribution in [0.15, 0.2) is 53.0 Å². The van der Waals surface area contributed by atoms with Crippen LogP contribution in [0, 0.1) is 0 Å². The van der Waals surface area contributed by atoms with E-state index in [9.17, 15) is 9.59 Å². The average molecular weight is 392 g/mol. The normalized spacial score (nSPS) is 10.1. The molecule has 1 N–H and O–H groups in total. The van der Waals surface area contributed by atoms with Crippen molar-refractivity contribution >= 4 is 33.5 Å². The van der Waals surface area contributed by atoms with Crippen LogP contribution in [-0.4, -0.2) is 25.1 Å². The van der Waals surface area contributed by atoms with Crippen molar-refractivity contribution in [2.24, 2.45) is 0 Å². The molecule has 0 aliphatic carbocycles. The molecule has 2 aromatic rings. The van der Waals surface area contributed by atoms with Crippen molar-refractivity contribution in [1.29, 1.82) is 0 Å². The number of halogens is 1. The molecule has 5 nitrogen and oxygen atoms in total. The van der Waals surface area contributed by atoms with Gasteiger partial charge in [-0.05, 0) is 48.4 Å². The number of ether oxygens (including phenoxy) is 2. The van der Waals surface area contributed by atoms with E-state index in [1.807, 2.05) is 24.3 Å². The van der Waals surface area contributed by atoms with Gasteiger partial charge in [-0.3, -0.25) is 4.79 Å². The highest BCUT2D eigenvalue weighted by molar-refractivity contribution is 9.10. The Morgan fingerprint density at radius 1 is 1.00 bits per heavy atom. The van der Waals surface area contributed by atoms with Crippen LogP contribution in [0.3, 0.4) is 0 Å². The molecule has 0 saturated heterocycles. The maximum atomic E-state index is 11.7. The quantitative estimate of drug-likeness (QED) is 0.732. The lowest BCUT2D eigenvalue weighted by atomic mass is 10.1. The molecule has 0 aliphatic rings. The molecular formula is C18H18BrNO4.